The van der Waals surface area contributed by atoms with Crippen molar-refractivity contribution < 1.29 is 10.0 Å². The molecule has 0 aromatic carbocycles. The first kappa shape index (κ1) is 22.0. The van der Waals surface area contributed by atoms with Gasteiger partial charge in [-0.2, -0.15) is 0 Å². The molecule has 3 N–H and O–H groups in total. The number of nitrogens with zero attached hydrogens (tertiary/aromatic N) is 4. The molecule has 0 radical (unpaired) electrons. The Morgan fingerprint density at radius 3 is 2.60 bits per heavy atom. The van der Waals surface area contributed by atoms with Crippen LogP contribution in [-0.4, -0.2) is 45.7 Å². The van der Waals surface area contributed by atoms with Gasteiger partial charge >= 0.3 is 0 Å². The molecule has 1 amide bonds. The standard InChI is InChI=1S/C22H32N6O2/c29-21(27-30)11-5-1-2-6-13-24-19-16-20(28-14-7-3-4-8-15-28)26-22(25-19)18-10-9-12-23-17-18/h9-10,12,16-17,30H,1-8,11,13-15H2,(H,27,29)(H,24,25,26). The molecule has 1 fully saturated rings. The summed E-state index contributed by atoms with van der Waals surface area (Å²) in [5.41, 5.74) is 2.59. The number of hydroxylamine groups is 1. The van der Waals surface area contributed by atoms with Gasteiger partial charge in [0.1, 0.15) is 11.6 Å². The summed E-state index contributed by atoms with van der Waals surface area (Å²) in [7, 11) is 0. The summed E-state index contributed by atoms with van der Waals surface area (Å²) in [6, 6.07) is 5.94. The quantitative estimate of drug-likeness (QED) is 0.310. The average Bonchev–Trinajstić information content (AvgIpc) is 3.08. The first-order chi connectivity index (χ1) is 14.8. The Morgan fingerprint density at radius 2 is 1.87 bits per heavy atom. The van der Waals surface area contributed by atoms with Crippen molar-refractivity contribution in [2.45, 2.75) is 57.8 Å². The molecule has 8 nitrogen and oxygen atoms in total. The molecule has 0 aliphatic carbocycles. The summed E-state index contributed by atoms with van der Waals surface area (Å²) in [5, 5.41) is 12.0. The lowest BCUT2D eigenvalue weighted by molar-refractivity contribution is -0.129. The molecule has 1 saturated heterocycles. The third-order valence-corrected chi connectivity index (χ3v) is 5.32. The Bertz CT molecular complexity index is 778. The van der Waals surface area contributed by atoms with E-state index in [1.54, 1.807) is 17.9 Å². The second-order valence-electron chi connectivity index (χ2n) is 7.70. The van der Waals surface area contributed by atoms with Crippen molar-refractivity contribution in [2.24, 2.45) is 0 Å². The fourth-order valence-electron chi connectivity index (χ4n) is 3.65. The van der Waals surface area contributed by atoms with Gasteiger partial charge in [-0.1, -0.05) is 25.7 Å². The number of rotatable bonds is 10. The minimum absolute atomic E-state index is 0.321. The van der Waals surface area contributed by atoms with E-state index < -0.39 is 0 Å². The second-order valence-corrected chi connectivity index (χ2v) is 7.70. The van der Waals surface area contributed by atoms with Crippen LogP contribution < -0.4 is 15.7 Å². The molecule has 1 aliphatic heterocycles. The van der Waals surface area contributed by atoms with E-state index in [-0.39, 0.29) is 5.91 Å². The number of amides is 1. The number of nitrogens with one attached hydrogen (secondary N) is 2. The second kappa shape index (κ2) is 12.1. The lowest BCUT2D eigenvalue weighted by Gasteiger charge is -2.22. The molecular formula is C22H32N6O2. The lowest BCUT2D eigenvalue weighted by Crippen LogP contribution is -2.25. The molecule has 0 saturated carbocycles. The van der Waals surface area contributed by atoms with Gasteiger partial charge in [0, 0.05) is 50.1 Å². The minimum Gasteiger partial charge on any atom is -0.370 e. The van der Waals surface area contributed by atoms with E-state index in [0.29, 0.717) is 12.2 Å². The van der Waals surface area contributed by atoms with Crippen LogP contribution >= 0.6 is 0 Å². The van der Waals surface area contributed by atoms with E-state index in [9.17, 15) is 4.79 Å². The Labute approximate surface area is 178 Å². The number of anilines is 2. The van der Waals surface area contributed by atoms with Gasteiger partial charge in [-0.3, -0.25) is 15.0 Å². The van der Waals surface area contributed by atoms with E-state index in [0.717, 1.165) is 62.5 Å². The predicted octanol–water partition coefficient (Wildman–Crippen LogP) is 3.79. The van der Waals surface area contributed by atoms with Crippen molar-refractivity contribution in [3.05, 3.63) is 30.6 Å². The zero-order valence-electron chi connectivity index (χ0n) is 17.5. The van der Waals surface area contributed by atoms with Crippen molar-refractivity contribution in [3.63, 3.8) is 0 Å². The van der Waals surface area contributed by atoms with E-state index in [4.69, 9.17) is 15.2 Å². The predicted molar refractivity (Wildman–Crippen MR) is 117 cm³/mol. The minimum atomic E-state index is -0.321. The number of unbranched alkanes of at least 4 members (excludes halogenated alkanes) is 3. The topological polar surface area (TPSA) is 103 Å². The molecule has 162 valence electrons. The monoisotopic (exact) mass is 412 g/mol. The number of hydrogen-bond donors (Lipinski definition) is 3. The van der Waals surface area contributed by atoms with Crippen molar-refractivity contribution in [3.8, 4) is 11.4 Å². The van der Waals surface area contributed by atoms with Gasteiger partial charge < -0.3 is 10.2 Å². The smallest absolute Gasteiger partial charge is 0.243 e. The van der Waals surface area contributed by atoms with Crippen LogP contribution in [-0.2, 0) is 4.79 Å². The fraction of sp³-hybridized carbons (Fsp3) is 0.545. The summed E-state index contributed by atoms with van der Waals surface area (Å²) >= 11 is 0. The van der Waals surface area contributed by atoms with Crippen LogP contribution in [0.1, 0.15) is 57.8 Å². The molecule has 0 spiro atoms. The molecule has 1 aliphatic rings. The van der Waals surface area contributed by atoms with E-state index in [2.05, 4.69) is 21.3 Å². The van der Waals surface area contributed by atoms with Crippen LogP contribution in [0.15, 0.2) is 30.6 Å². The summed E-state index contributed by atoms with van der Waals surface area (Å²) in [5.74, 6) is 2.19. The number of pyridine rings is 1. The summed E-state index contributed by atoms with van der Waals surface area (Å²) < 4.78 is 0. The van der Waals surface area contributed by atoms with Gasteiger partial charge in [0.15, 0.2) is 5.82 Å². The largest absolute Gasteiger partial charge is 0.370 e. The third-order valence-electron chi connectivity index (χ3n) is 5.32. The summed E-state index contributed by atoms with van der Waals surface area (Å²) in [6.07, 6.45) is 12.6. The molecule has 0 unspecified atom stereocenters. The normalized spacial score (nSPS) is 14.2. The van der Waals surface area contributed by atoms with Gasteiger partial charge in [-0.05, 0) is 37.8 Å². The van der Waals surface area contributed by atoms with E-state index >= 15 is 0 Å². The molecule has 2 aromatic heterocycles. The number of carbonyl (C=O) groups excluding carboxylic acids is 1. The van der Waals surface area contributed by atoms with Gasteiger partial charge in [-0.15, -0.1) is 0 Å². The maximum absolute atomic E-state index is 11.0. The average molecular weight is 413 g/mol. The molecule has 2 aromatic rings. The van der Waals surface area contributed by atoms with E-state index in [1.165, 1.54) is 25.7 Å². The maximum Gasteiger partial charge on any atom is 0.243 e. The molecule has 30 heavy (non-hydrogen) atoms. The zero-order valence-corrected chi connectivity index (χ0v) is 17.5. The van der Waals surface area contributed by atoms with Crippen LogP contribution in [0, 0.1) is 0 Å². The summed E-state index contributed by atoms with van der Waals surface area (Å²) in [4.78, 5) is 27.2. The molecule has 0 bridgehead atoms. The van der Waals surface area contributed by atoms with Crippen molar-refractivity contribution in [1.82, 2.24) is 20.4 Å². The highest BCUT2D eigenvalue weighted by Crippen LogP contribution is 2.24. The van der Waals surface area contributed by atoms with Crippen molar-refractivity contribution >= 4 is 17.5 Å². The highest BCUT2D eigenvalue weighted by molar-refractivity contribution is 5.74. The van der Waals surface area contributed by atoms with Crippen LogP contribution in [0.5, 0.6) is 0 Å². The van der Waals surface area contributed by atoms with Crippen molar-refractivity contribution in [2.75, 3.05) is 29.9 Å². The maximum atomic E-state index is 11.0. The van der Waals surface area contributed by atoms with Crippen LogP contribution in [0.2, 0.25) is 0 Å². The first-order valence-electron chi connectivity index (χ1n) is 11.0. The summed E-state index contributed by atoms with van der Waals surface area (Å²) in [6.45, 7) is 2.88. The Morgan fingerprint density at radius 1 is 1.07 bits per heavy atom. The SMILES string of the molecule is O=C(CCCCCCNc1cc(N2CCCCCC2)nc(-c2cccnc2)n1)NO. The first-order valence-corrected chi connectivity index (χ1v) is 11.0. The van der Waals surface area contributed by atoms with E-state index in [1.807, 2.05) is 12.1 Å². The van der Waals surface area contributed by atoms with Crippen LogP contribution in [0.25, 0.3) is 11.4 Å². The fourth-order valence-corrected chi connectivity index (χ4v) is 3.65. The third kappa shape index (κ3) is 6.95. The highest BCUT2D eigenvalue weighted by Gasteiger charge is 2.15. The van der Waals surface area contributed by atoms with Gasteiger partial charge in [0.2, 0.25) is 5.91 Å². The Kier molecular flexibility index (Phi) is 8.83. The number of carbonyl (C=O) groups is 1. The Balaban J connectivity index is 1.61. The molecular weight excluding hydrogens is 380 g/mol. The van der Waals surface area contributed by atoms with Crippen molar-refractivity contribution in [1.29, 1.82) is 0 Å². The lowest BCUT2D eigenvalue weighted by atomic mass is 10.1. The molecule has 8 heteroatoms. The number of hydrogen-bond acceptors (Lipinski definition) is 7. The van der Waals surface area contributed by atoms with Gasteiger partial charge in [0.05, 0.1) is 0 Å². The molecule has 0 atom stereocenters. The molecule has 3 heterocycles. The van der Waals surface area contributed by atoms with Gasteiger partial charge in [0.25, 0.3) is 0 Å². The Hall–Kier alpha value is -2.74. The highest BCUT2D eigenvalue weighted by atomic mass is 16.5. The van der Waals surface area contributed by atoms with Crippen LogP contribution in [0.4, 0.5) is 11.6 Å². The molecule has 3 rings (SSSR count). The zero-order chi connectivity index (χ0) is 21.0. The van der Waals surface area contributed by atoms with Crippen LogP contribution in [0.3, 0.4) is 0 Å². The number of aromatic nitrogens is 3. The van der Waals surface area contributed by atoms with Gasteiger partial charge in [-0.25, -0.2) is 15.4 Å².